The van der Waals surface area contributed by atoms with Gasteiger partial charge < -0.3 is 14.9 Å². The number of phenols is 1. The molecule has 0 aliphatic carbocycles. The summed E-state index contributed by atoms with van der Waals surface area (Å²) in [6.07, 6.45) is 0.854. The van der Waals surface area contributed by atoms with Crippen LogP contribution in [-0.2, 0) is 13.1 Å². The molecule has 23 heavy (non-hydrogen) atoms. The molecule has 1 atom stereocenters. The van der Waals surface area contributed by atoms with Gasteiger partial charge in [-0.2, -0.15) is 11.3 Å². The Morgan fingerprint density at radius 2 is 2.04 bits per heavy atom. The fourth-order valence-electron chi connectivity index (χ4n) is 2.62. The summed E-state index contributed by atoms with van der Waals surface area (Å²) in [6, 6.07) is 7.73. The van der Waals surface area contributed by atoms with Crippen molar-refractivity contribution in [2.45, 2.75) is 39.4 Å². The van der Waals surface area contributed by atoms with Crippen LogP contribution in [0.1, 0.15) is 31.4 Å². The van der Waals surface area contributed by atoms with Crippen LogP contribution in [0.25, 0.3) is 0 Å². The van der Waals surface area contributed by atoms with Gasteiger partial charge in [-0.05, 0) is 41.8 Å². The number of para-hydroxylation sites is 1. The van der Waals surface area contributed by atoms with E-state index in [1.54, 1.807) is 17.4 Å². The van der Waals surface area contributed by atoms with E-state index in [-0.39, 0.29) is 18.4 Å². The highest BCUT2D eigenvalue weighted by molar-refractivity contribution is 7.07. The van der Waals surface area contributed by atoms with Gasteiger partial charge in [-0.3, -0.25) is 4.90 Å². The summed E-state index contributed by atoms with van der Waals surface area (Å²) in [7, 11) is 0. The van der Waals surface area contributed by atoms with Crippen molar-refractivity contribution in [3.8, 4) is 11.5 Å². The van der Waals surface area contributed by atoms with Crippen LogP contribution >= 0.6 is 11.3 Å². The van der Waals surface area contributed by atoms with Crippen LogP contribution in [0.4, 0.5) is 0 Å². The van der Waals surface area contributed by atoms with E-state index >= 15 is 0 Å². The maximum absolute atomic E-state index is 10.4. The first-order valence-corrected chi connectivity index (χ1v) is 8.93. The Balaban J connectivity index is 2.21. The Labute approximate surface area is 142 Å². The van der Waals surface area contributed by atoms with Gasteiger partial charge in [0.1, 0.15) is 0 Å². The topological polar surface area (TPSA) is 52.9 Å². The van der Waals surface area contributed by atoms with Crippen LogP contribution in [0, 0.1) is 0 Å². The highest BCUT2D eigenvalue weighted by atomic mass is 32.1. The minimum atomic E-state index is 0.0602. The number of rotatable bonds is 9. The zero-order chi connectivity index (χ0) is 16.7. The van der Waals surface area contributed by atoms with E-state index < -0.39 is 0 Å². The maximum atomic E-state index is 10.4. The summed E-state index contributed by atoms with van der Waals surface area (Å²) in [5.41, 5.74) is 2.04. The third-order valence-electron chi connectivity index (χ3n) is 3.92. The predicted octanol–water partition coefficient (Wildman–Crippen LogP) is 3.63. The number of ether oxygens (including phenoxy) is 1. The Kier molecular flexibility index (Phi) is 6.89. The molecule has 0 saturated carbocycles. The van der Waals surface area contributed by atoms with Crippen LogP contribution in [0.2, 0.25) is 0 Å². The highest BCUT2D eigenvalue weighted by Gasteiger charge is 2.19. The lowest BCUT2D eigenvalue weighted by Crippen LogP contribution is -2.36. The number of phenolic OH excluding ortho intramolecular Hbond substituents is 1. The monoisotopic (exact) mass is 335 g/mol. The maximum Gasteiger partial charge on any atom is 0.162 e. The Morgan fingerprint density at radius 1 is 1.22 bits per heavy atom. The van der Waals surface area contributed by atoms with E-state index in [0.29, 0.717) is 18.9 Å². The molecule has 5 heteroatoms. The van der Waals surface area contributed by atoms with Gasteiger partial charge in [-0.1, -0.05) is 19.1 Å². The van der Waals surface area contributed by atoms with Gasteiger partial charge in [0.15, 0.2) is 11.5 Å². The van der Waals surface area contributed by atoms with Gasteiger partial charge in [-0.25, -0.2) is 0 Å². The highest BCUT2D eigenvalue weighted by Crippen LogP contribution is 2.31. The van der Waals surface area contributed by atoms with Crippen LogP contribution < -0.4 is 4.74 Å². The smallest absolute Gasteiger partial charge is 0.162 e. The van der Waals surface area contributed by atoms with Gasteiger partial charge >= 0.3 is 0 Å². The van der Waals surface area contributed by atoms with E-state index in [2.05, 4.69) is 28.7 Å². The molecule has 0 amide bonds. The summed E-state index contributed by atoms with van der Waals surface area (Å²) in [6.45, 7) is 5.91. The Morgan fingerprint density at radius 3 is 2.65 bits per heavy atom. The quantitative estimate of drug-likeness (QED) is 0.735. The molecule has 0 fully saturated rings. The minimum Gasteiger partial charge on any atom is -0.504 e. The van der Waals surface area contributed by atoms with E-state index in [4.69, 9.17) is 4.74 Å². The molecule has 2 N–H and O–H groups in total. The van der Waals surface area contributed by atoms with Crippen molar-refractivity contribution in [1.82, 2.24) is 4.90 Å². The molecule has 0 saturated heterocycles. The summed E-state index contributed by atoms with van der Waals surface area (Å²) >= 11 is 1.67. The lowest BCUT2D eigenvalue weighted by atomic mass is 10.1. The molecule has 1 unspecified atom stereocenters. The van der Waals surface area contributed by atoms with Gasteiger partial charge in [0.2, 0.25) is 0 Å². The predicted molar refractivity (Wildman–Crippen MR) is 94.0 cm³/mol. The number of benzene rings is 1. The van der Waals surface area contributed by atoms with E-state index in [0.717, 1.165) is 18.5 Å². The lowest BCUT2D eigenvalue weighted by molar-refractivity contribution is 0.106. The second-order valence-corrected chi connectivity index (χ2v) is 6.26. The van der Waals surface area contributed by atoms with Crippen molar-refractivity contribution >= 4 is 11.3 Å². The average Bonchev–Trinajstić information content (AvgIpc) is 3.05. The molecule has 2 rings (SSSR count). The molecule has 126 valence electrons. The molecule has 2 aromatic rings. The zero-order valence-electron chi connectivity index (χ0n) is 13.7. The number of aromatic hydroxyl groups is 1. The first-order valence-electron chi connectivity index (χ1n) is 7.99. The number of thiophene rings is 1. The second-order valence-electron chi connectivity index (χ2n) is 5.48. The van der Waals surface area contributed by atoms with Gasteiger partial charge in [-0.15, -0.1) is 0 Å². The molecule has 0 spiro atoms. The summed E-state index contributed by atoms with van der Waals surface area (Å²) < 4.78 is 5.46. The van der Waals surface area contributed by atoms with E-state index in [9.17, 15) is 10.2 Å². The first kappa shape index (κ1) is 17.8. The Bertz CT molecular complexity index is 582. The summed E-state index contributed by atoms with van der Waals surface area (Å²) in [5, 5.41) is 24.3. The van der Waals surface area contributed by atoms with Crippen molar-refractivity contribution < 1.29 is 14.9 Å². The Hall–Kier alpha value is -1.56. The molecule has 0 aliphatic heterocycles. The second kappa shape index (κ2) is 8.91. The molecular weight excluding hydrogens is 310 g/mol. The molecule has 1 aromatic heterocycles. The largest absolute Gasteiger partial charge is 0.504 e. The van der Waals surface area contributed by atoms with Crippen molar-refractivity contribution in [2.75, 3.05) is 13.2 Å². The summed E-state index contributed by atoms with van der Waals surface area (Å²) in [5.74, 6) is 0.704. The number of nitrogens with zero attached hydrogens (tertiary/aromatic N) is 1. The minimum absolute atomic E-state index is 0.0602. The van der Waals surface area contributed by atoms with Crippen LogP contribution in [0.5, 0.6) is 11.5 Å². The van der Waals surface area contributed by atoms with Crippen LogP contribution in [0.15, 0.2) is 35.0 Å². The molecule has 0 radical (unpaired) electrons. The average molecular weight is 335 g/mol. The molecule has 0 aliphatic rings. The SMILES string of the molecule is CCOc1cccc(CN(Cc2ccsc2)C(CC)CO)c1O. The standard InChI is InChI=1S/C18H25NO3S/c1-3-16(12-20)19(10-14-8-9-23-13-14)11-15-6-5-7-17(18(15)21)22-4-2/h5-9,13,16,20-21H,3-4,10-12H2,1-2H3. The lowest BCUT2D eigenvalue weighted by Gasteiger charge is -2.30. The van der Waals surface area contributed by atoms with Gasteiger partial charge in [0.25, 0.3) is 0 Å². The number of aliphatic hydroxyl groups is 1. The summed E-state index contributed by atoms with van der Waals surface area (Å²) in [4.78, 5) is 2.20. The molecule has 4 nitrogen and oxygen atoms in total. The van der Waals surface area contributed by atoms with Crippen molar-refractivity contribution in [3.63, 3.8) is 0 Å². The fraction of sp³-hybridized carbons (Fsp3) is 0.444. The molecule has 0 bridgehead atoms. The number of hydrogen-bond donors (Lipinski definition) is 2. The van der Waals surface area contributed by atoms with E-state index in [1.165, 1.54) is 5.56 Å². The number of aliphatic hydroxyl groups excluding tert-OH is 1. The van der Waals surface area contributed by atoms with Crippen LogP contribution in [-0.4, -0.2) is 34.4 Å². The van der Waals surface area contributed by atoms with Crippen molar-refractivity contribution in [3.05, 3.63) is 46.2 Å². The van der Waals surface area contributed by atoms with Crippen molar-refractivity contribution in [2.24, 2.45) is 0 Å². The third kappa shape index (κ3) is 4.70. The first-order chi connectivity index (χ1) is 11.2. The van der Waals surface area contributed by atoms with Crippen molar-refractivity contribution in [1.29, 1.82) is 0 Å². The molecular formula is C18H25NO3S. The normalized spacial score (nSPS) is 12.5. The number of hydrogen-bond acceptors (Lipinski definition) is 5. The van der Waals surface area contributed by atoms with E-state index in [1.807, 2.05) is 19.1 Å². The third-order valence-corrected chi connectivity index (χ3v) is 4.65. The van der Waals surface area contributed by atoms with Crippen LogP contribution in [0.3, 0.4) is 0 Å². The molecule has 1 heterocycles. The van der Waals surface area contributed by atoms with Gasteiger partial charge in [0, 0.05) is 24.7 Å². The molecule has 1 aromatic carbocycles. The van der Waals surface area contributed by atoms with Gasteiger partial charge in [0.05, 0.1) is 13.2 Å². The fourth-order valence-corrected chi connectivity index (χ4v) is 3.28. The zero-order valence-corrected chi connectivity index (χ0v) is 14.6.